The van der Waals surface area contributed by atoms with Crippen molar-refractivity contribution in [1.29, 1.82) is 0 Å². The smallest absolute Gasteiger partial charge is 0.143 e. The van der Waals surface area contributed by atoms with Crippen molar-refractivity contribution in [3.05, 3.63) is 26.6 Å². The van der Waals surface area contributed by atoms with Gasteiger partial charge < -0.3 is 10.4 Å². The van der Waals surface area contributed by atoms with Gasteiger partial charge in [0, 0.05) is 12.1 Å². The van der Waals surface area contributed by atoms with Crippen molar-refractivity contribution < 1.29 is 5.11 Å². The SMILES string of the molecule is CC(C)(NCc1cc(Br)c(O)c(Br)c1)C1CC1. The molecule has 0 radical (unpaired) electrons. The molecule has 0 amide bonds. The van der Waals surface area contributed by atoms with Crippen molar-refractivity contribution >= 4 is 31.9 Å². The molecule has 0 spiro atoms. The maximum Gasteiger partial charge on any atom is 0.143 e. The molecule has 4 heteroatoms. The van der Waals surface area contributed by atoms with E-state index in [1.165, 1.54) is 12.8 Å². The summed E-state index contributed by atoms with van der Waals surface area (Å²) in [5, 5.41) is 13.2. The molecule has 1 aromatic rings. The summed E-state index contributed by atoms with van der Waals surface area (Å²) in [6.07, 6.45) is 2.67. The second-order valence-electron chi connectivity index (χ2n) is 5.26. The fourth-order valence-corrected chi connectivity index (χ4v) is 3.28. The van der Waals surface area contributed by atoms with Crippen molar-refractivity contribution in [1.82, 2.24) is 5.32 Å². The van der Waals surface area contributed by atoms with Gasteiger partial charge in [-0.1, -0.05) is 0 Å². The minimum atomic E-state index is 0.205. The van der Waals surface area contributed by atoms with Crippen molar-refractivity contribution in [2.24, 2.45) is 5.92 Å². The van der Waals surface area contributed by atoms with Crippen LogP contribution in [0.5, 0.6) is 5.75 Å². The van der Waals surface area contributed by atoms with E-state index in [0.29, 0.717) is 0 Å². The summed E-state index contributed by atoms with van der Waals surface area (Å²) in [5.74, 6) is 1.07. The summed E-state index contributed by atoms with van der Waals surface area (Å²) in [6.45, 7) is 5.34. The first-order chi connectivity index (χ1) is 7.90. The quantitative estimate of drug-likeness (QED) is 0.841. The molecule has 1 fully saturated rings. The molecule has 1 aromatic carbocycles. The van der Waals surface area contributed by atoms with E-state index in [1.54, 1.807) is 0 Å². The molecular weight excluding hydrogens is 346 g/mol. The molecule has 0 atom stereocenters. The summed E-state index contributed by atoms with van der Waals surface area (Å²) in [4.78, 5) is 0. The standard InChI is InChI=1S/C13H17Br2NO/c1-13(2,9-3-4-9)16-7-8-5-10(14)12(17)11(15)6-8/h5-6,9,16-17H,3-4,7H2,1-2H3. The molecule has 0 aromatic heterocycles. The number of phenols is 1. The van der Waals surface area contributed by atoms with Crippen LogP contribution in [0.3, 0.4) is 0 Å². The molecular formula is C13H17Br2NO. The van der Waals surface area contributed by atoms with Gasteiger partial charge in [-0.15, -0.1) is 0 Å². The minimum absolute atomic E-state index is 0.205. The third kappa shape index (κ3) is 3.24. The van der Waals surface area contributed by atoms with Gasteiger partial charge in [-0.2, -0.15) is 0 Å². The maximum absolute atomic E-state index is 9.64. The van der Waals surface area contributed by atoms with Crippen LogP contribution in [0.4, 0.5) is 0 Å². The van der Waals surface area contributed by atoms with E-state index in [-0.39, 0.29) is 11.3 Å². The van der Waals surface area contributed by atoms with Gasteiger partial charge in [-0.3, -0.25) is 0 Å². The molecule has 0 aliphatic heterocycles. The first-order valence-corrected chi connectivity index (χ1v) is 7.40. The van der Waals surface area contributed by atoms with Crippen LogP contribution in [-0.2, 0) is 6.54 Å². The number of halogens is 2. The topological polar surface area (TPSA) is 32.3 Å². The Bertz CT molecular complexity index is 404. The lowest BCUT2D eigenvalue weighted by Crippen LogP contribution is -2.40. The molecule has 0 saturated heterocycles. The van der Waals surface area contributed by atoms with Gasteiger partial charge in [0.2, 0.25) is 0 Å². The first-order valence-electron chi connectivity index (χ1n) is 5.82. The number of hydrogen-bond donors (Lipinski definition) is 2. The predicted molar refractivity (Wildman–Crippen MR) is 77.1 cm³/mol. The van der Waals surface area contributed by atoms with Crippen LogP contribution in [-0.4, -0.2) is 10.6 Å². The molecule has 0 unspecified atom stereocenters. The molecule has 0 heterocycles. The van der Waals surface area contributed by atoms with Crippen LogP contribution in [0, 0.1) is 5.92 Å². The average molecular weight is 363 g/mol. The number of aromatic hydroxyl groups is 1. The molecule has 17 heavy (non-hydrogen) atoms. The van der Waals surface area contributed by atoms with Crippen LogP contribution in [0.1, 0.15) is 32.3 Å². The van der Waals surface area contributed by atoms with E-state index in [0.717, 1.165) is 27.0 Å². The van der Waals surface area contributed by atoms with E-state index in [1.807, 2.05) is 12.1 Å². The number of nitrogens with one attached hydrogen (secondary N) is 1. The minimum Gasteiger partial charge on any atom is -0.506 e. The van der Waals surface area contributed by atoms with E-state index < -0.39 is 0 Å². The van der Waals surface area contributed by atoms with Gasteiger partial charge in [0.1, 0.15) is 5.75 Å². The number of rotatable bonds is 4. The largest absolute Gasteiger partial charge is 0.506 e. The van der Waals surface area contributed by atoms with E-state index in [9.17, 15) is 5.11 Å². The average Bonchev–Trinajstić information content (AvgIpc) is 3.06. The van der Waals surface area contributed by atoms with Gasteiger partial charge >= 0.3 is 0 Å². The lowest BCUT2D eigenvalue weighted by atomic mass is 9.98. The first kappa shape index (κ1) is 13.4. The molecule has 1 aliphatic rings. The van der Waals surface area contributed by atoms with Gasteiger partial charge in [0.25, 0.3) is 0 Å². The Hall–Kier alpha value is -0.0600. The third-order valence-corrected chi connectivity index (χ3v) is 4.63. The van der Waals surface area contributed by atoms with Crippen molar-refractivity contribution in [2.45, 2.75) is 38.8 Å². The monoisotopic (exact) mass is 361 g/mol. The highest BCUT2D eigenvalue weighted by atomic mass is 79.9. The normalized spacial score (nSPS) is 16.2. The molecule has 0 bridgehead atoms. The van der Waals surface area contributed by atoms with Crippen LogP contribution in [0.25, 0.3) is 0 Å². The lowest BCUT2D eigenvalue weighted by molar-refractivity contribution is 0.339. The predicted octanol–water partition coefficient (Wildman–Crippen LogP) is 4.20. The Labute approximate surface area is 119 Å². The molecule has 2 N–H and O–H groups in total. The van der Waals surface area contributed by atoms with Crippen molar-refractivity contribution in [3.63, 3.8) is 0 Å². The molecule has 1 saturated carbocycles. The summed E-state index contributed by atoms with van der Waals surface area (Å²) in [6, 6.07) is 3.91. The van der Waals surface area contributed by atoms with E-state index in [2.05, 4.69) is 51.0 Å². The fraction of sp³-hybridized carbons (Fsp3) is 0.538. The number of phenolic OH excluding ortho intramolecular Hbond substituents is 1. The summed E-state index contributed by atoms with van der Waals surface area (Å²) in [7, 11) is 0. The molecule has 2 nitrogen and oxygen atoms in total. The highest BCUT2D eigenvalue weighted by molar-refractivity contribution is 9.11. The Kier molecular flexibility index (Phi) is 3.86. The lowest BCUT2D eigenvalue weighted by Gasteiger charge is -2.26. The fourth-order valence-electron chi connectivity index (χ4n) is 2.00. The third-order valence-electron chi connectivity index (χ3n) is 3.42. The highest BCUT2D eigenvalue weighted by Gasteiger charge is 2.37. The molecule has 94 valence electrons. The van der Waals surface area contributed by atoms with Gasteiger partial charge in [-0.25, -0.2) is 0 Å². The van der Waals surface area contributed by atoms with Crippen LogP contribution < -0.4 is 5.32 Å². The maximum atomic E-state index is 9.64. The van der Waals surface area contributed by atoms with Crippen LogP contribution in [0.2, 0.25) is 0 Å². The summed E-state index contributed by atoms with van der Waals surface area (Å²) < 4.78 is 1.46. The summed E-state index contributed by atoms with van der Waals surface area (Å²) >= 11 is 6.70. The van der Waals surface area contributed by atoms with E-state index >= 15 is 0 Å². The highest BCUT2D eigenvalue weighted by Crippen LogP contribution is 2.39. The number of benzene rings is 1. The van der Waals surface area contributed by atoms with E-state index in [4.69, 9.17) is 0 Å². The Morgan fingerprint density at radius 3 is 2.29 bits per heavy atom. The Morgan fingerprint density at radius 2 is 1.82 bits per heavy atom. The Morgan fingerprint density at radius 1 is 1.29 bits per heavy atom. The van der Waals surface area contributed by atoms with Gasteiger partial charge in [-0.05, 0) is 82.2 Å². The van der Waals surface area contributed by atoms with Crippen LogP contribution >= 0.6 is 31.9 Å². The molecule has 1 aliphatic carbocycles. The van der Waals surface area contributed by atoms with Crippen molar-refractivity contribution in [3.8, 4) is 5.75 Å². The van der Waals surface area contributed by atoms with Gasteiger partial charge in [0.05, 0.1) is 8.95 Å². The van der Waals surface area contributed by atoms with Crippen LogP contribution in [0.15, 0.2) is 21.1 Å². The second-order valence-corrected chi connectivity index (χ2v) is 6.97. The van der Waals surface area contributed by atoms with Crippen molar-refractivity contribution in [2.75, 3.05) is 0 Å². The second kappa shape index (κ2) is 4.90. The zero-order valence-electron chi connectivity index (χ0n) is 10.1. The number of hydrogen-bond acceptors (Lipinski definition) is 2. The summed E-state index contributed by atoms with van der Waals surface area (Å²) in [5.41, 5.74) is 1.37. The molecule has 2 rings (SSSR count). The zero-order valence-corrected chi connectivity index (χ0v) is 13.2. The zero-order chi connectivity index (χ0) is 12.6. The Balaban J connectivity index is 2.04. The van der Waals surface area contributed by atoms with Gasteiger partial charge in [0.15, 0.2) is 0 Å².